The van der Waals surface area contributed by atoms with Gasteiger partial charge in [0.05, 0.1) is 6.04 Å². The molecule has 4 nitrogen and oxygen atoms in total. The number of hydrogen-bond donors (Lipinski definition) is 3. The molecule has 2 atom stereocenters. The maximum Gasteiger partial charge on any atom is 0.278 e. The van der Waals surface area contributed by atoms with E-state index in [4.69, 9.17) is 0 Å². The van der Waals surface area contributed by atoms with Crippen molar-refractivity contribution in [3.05, 3.63) is 71.8 Å². The monoisotopic (exact) mass is 353 g/mol. The van der Waals surface area contributed by atoms with Gasteiger partial charge in [-0.1, -0.05) is 60.7 Å². The summed E-state index contributed by atoms with van der Waals surface area (Å²) in [5, 5.41) is 3.18. The topological polar surface area (TPSA) is 38.0 Å². The second kappa shape index (κ2) is 8.97. The fraction of sp³-hybridized carbons (Fsp3) is 0.409. The van der Waals surface area contributed by atoms with Crippen molar-refractivity contribution in [2.24, 2.45) is 0 Å². The van der Waals surface area contributed by atoms with Crippen LogP contribution in [0.25, 0.3) is 0 Å². The summed E-state index contributed by atoms with van der Waals surface area (Å²) < 4.78 is 0. The average molecular weight is 354 g/mol. The molecule has 0 aromatic heterocycles. The van der Waals surface area contributed by atoms with E-state index in [1.54, 1.807) is 4.90 Å². The van der Waals surface area contributed by atoms with Crippen molar-refractivity contribution in [3.8, 4) is 0 Å². The summed E-state index contributed by atoms with van der Waals surface area (Å²) in [6.07, 6.45) is 0. The summed E-state index contributed by atoms with van der Waals surface area (Å²) >= 11 is 0. The first-order valence-corrected chi connectivity index (χ1v) is 9.71. The lowest BCUT2D eigenvalue weighted by Crippen LogP contribution is -3.29. The predicted octanol–water partition coefficient (Wildman–Crippen LogP) is 0.236. The molecule has 0 aliphatic carbocycles. The van der Waals surface area contributed by atoms with Gasteiger partial charge in [0.15, 0.2) is 6.04 Å². The highest BCUT2D eigenvalue weighted by Crippen LogP contribution is 2.10. The van der Waals surface area contributed by atoms with Crippen LogP contribution in [0, 0.1) is 0 Å². The molecule has 138 valence electrons. The number of amides is 1. The van der Waals surface area contributed by atoms with E-state index in [0.29, 0.717) is 0 Å². The van der Waals surface area contributed by atoms with E-state index >= 15 is 0 Å². The first-order valence-electron chi connectivity index (χ1n) is 9.71. The van der Waals surface area contributed by atoms with Crippen LogP contribution in [0.5, 0.6) is 0 Å². The third-order valence-corrected chi connectivity index (χ3v) is 5.56. The molecular weight excluding hydrogens is 322 g/mol. The van der Waals surface area contributed by atoms with Crippen molar-refractivity contribution in [3.63, 3.8) is 0 Å². The van der Waals surface area contributed by atoms with Crippen molar-refractivity contribution < 1.29 is 14.6 Å². The Balaban J connectivity index is 1.47. The largest absolute Gasteiger partial charge is 0.344 e. The summed E-state index contributed by atoms with van der Waals surface area (Å²) in [7, 11) is 0. The van der Waals surface area contributed by atoms with Crippen LogP contribution in [-0.2, 0) is 11.3 Å². The van der Waals surface area contributed by atoms with Crippen LogP contribution >= 0.6 is 0 Å². The molecule has 0 radical (unpaired) electrons. The molecule has 0 unspecified atom stereocenters. The fourth-order valence-electron chi connectivity index (χ4n) is 3.77. The maximum absolute atomic E-state index is 12.7. The first-order chi connectivity index (χ1) is 12.6. The Labute approximate surface area is 156 Å². The van der Waals surface area contributed by atoms with Gasteiger partial charge in [0.25, 0.3) is 5.91 Å². The Morgan fingerprint density at radius 2 is 1.50 bits per heavy atom. The Kier molecular flexibility index (Phi) is 6.42. The van der Waals surface area contributed by atoms with Gasteiger partial charge in [-0.2, -0.15) is 0 Å². The smallest absolute Gasteiger partial charge is 0.278 e. The van der Waals surface area contributed by atoms with Crippen LogP contribution in [-0.4, -0.2) is 38.1 Å². The molecule has 0 spiro atoms. The minimum Gasteiger partial charge on any atom is -0.344 e. The molecule has 1 aliphatic rings. The number of piperazine rings is 1. The number of carbonyl (C=O) groups excluding carboxylic acids is 1. The summed E-state index contributed by atoms with van der Waals surface area (Å²) in [5.74, 6) is 0.155. The molecular formula is C22H31N3O+2. The lowest BCUT2D eigenvalue weighted by atomic mass is 10.1. The summed E-state index contributed by atoms with van der Waals surface area (Å²) in [5.41, 5.74) is 2.55. The van der Waals surface area contributed by atoms with Gasteiger partial charge < -0.3 is 15.1 Å². The van der Waals surface area contributed by atoms with Crippen molar-refractivity contribution in [1.29, 1.82) is 0 Å². The molecule has 1 fully saturated rings. The Morgan fingerprint density at radius 3 is 2.12 bits per heavy atom. The van der Waals surface area contributed by atoms with E-state index in [-0.39, 0.29) is 18.0 Å². The summed E-state index contributed by atoms with van der Waals surface area (Å²) in [6, 6.07) is 20.9. The molecule has 3 N–H and O–H groups in total. The van der Waals surface area contributed by atoms with Crippen LogP contribution < -0.4 is 15.1 Å². The molecule has 2 aromatic carbocycles. The lowest BCUT2D eigenvalue weighted by molar-refractivity contribution is -1.02. The molecule has 0 saturated carbocycles. The number of nitrogens with one attached hydrogen (secondary N) is 3. The van der Waals surface area contributed by atoms with Crippen molar-refractivity contribution in [2.75, 3.05) is 26.2 Å². The molecule has 1 aliphatic heterocycles. The van der Waals surface area contributed by atoms with Gasteiger partial charge in [-0.3, -0.25) is 4.79 Å². The van der Waals surface area contributed by atoms with E-state index in [9.17, 15) is 4.79 Å². The normalized spacial score (nSPS) is 22.4. The molecule has 3 rings (SSSR count). The van der Waals surface area contributed by atoms with E-state index in [2.05, 4.69) is 61.6 Å². The van der Waals surface area contributed by atoms with Gasteiger partial charge in [0.1, 0.15) is 32.7 Å². The Morgan fingerprint density at radius 1 is 0.923 bits per heavy atom. The summed E-state index contributed by atoms with van der Waals surface area (Å²) in [6.45, 7) is 9.54. The van der Waals surface area contributed by atoms with Gasteiger partial charge in [-0.15, -0.1) is 0 Å². The van der Waals surface area contributed by atoms with Crippen LogP contribution in [0.2, 0.25) is 0 Å². The van der Waals surface area contributed by atoms with E-state index in [1.807, 2.05) is 18.2 Å². The molecule has 1 saturated heterocycles. The molecule has 0 bridgehead atoms. The second-order valence-corrected chi connectivity index (χ2v) is 7.43. The Bertz CT molecular complexity index is 681. The average Bonchev–Trinajstić information content (AvgIpc) is 2.69. The summed E-state index contributed by atoms with van der Waals surface area (Å²) in [4.78, 5) is 15.7. The maximum atomic E-state index is 12.7. The minimum absolute atomic E-state index is 0.000521. The number of hydrogen-bond acceptors (Lipinski definition) is 1. The van der Waals surface area contributed by atoms with Gasteiger partial charge >= 0.3 is 0 Å². The third kappa shape index (κ3) is 4.93. The number of quaternary nitrogens is 2. The van der Waals surface area contributed by atoms with Crippen molar-refractivity contribution >= 4 is 5.91 Å². The second-order valence-electron chi connectivity index (χ2n) is 7.43. The van der Waals surface area contributed by atoms with E-state index in [1.165, 1.54) is 10.5 Å². The highest BCUT2D eigenvalue weighted by atomic mass is 16.2. The molecule has 1 heterocycles. The van der Waals surface area contributed by atoms with Crippen molar-refractivity contribution in [1.82, 2.24) is 5.32 Å². The van der Waals surface area contributed by atoms with E-state index in [0.717, 1.165) is 38.3 Å². The molecule has 26 heavy (non-hydrogen) atoms. The quantitative estimate of drug-likeness (QED) is 0.684. The highest BCUT2D eigenvalue weighted by molar-refractivity contribution is 5.80. The number of rotatable bonds is 6. The van der Waals surface area contributed by atoms with Crippen LogP contribution in [0.3, 0.4) is 0 Å². The van der Waals surface area contributed by atoms with Crippen LogP contribution in [0.4, 0.5) is 0 Å². The van der Waals surface area contributed by atoms with Gasteiger partial charge in [-0.05, 0) is 19.4 Å². The lowest BCUT2D eigenvalue weighted by Gasteiger charge is -2.33. The van der Waals surface area contributed by atoms with Crippen molar-refractivity contribution in [2.45, 2.75) is 32.5 Å². The first kappa shape index (κ1) is 18.6. The highest BCUT2D eigenvalue weighted by Gasteiger charge is 2.31. The van der Waals surface area contributed by atoms with Crippen LogP contribution in [0.1, 0.15) is 31.0 Å². The molecule has 1 amide bonds. The van der Waals surface area contributed by atoms with Gasteiger partial charge in [0, 0.05) is 5.56 Å². The minimum atomic E-state index is -0.000521. The zero-order chi connectivity index (χ0) is 18.4. The molecule has 2 aromatic rings. The van der Waals surface area contributed by atoms with E-state index < -0.39 is 0 Å². The zero-order valence-electron chi connectivity index (χ0n) is 15.9. The predicted molar refractivity (Wildman–Crippen MR) is 104 cm³/mol. The van der Waals surface area contributed by atoms with Crippen LogP contribution in [0.15, 0.2) is 60.7 Å². The Hall–Kier alpha value is -2.17. The number of benzene rings is 2. The SMILES string of the molecule is C[C@H](NC(=O)[C@@H](C)[NH+]1CC[NH+](Cc2ccccc2)CC1)c1ccccc1. The zero-order valence-corrected chi connectivity index (χ0v) is 15.9. The molecule has 4 heteroatoms. The van der Waals surface area contributed by atoms with Gasteiger partial charge in [-0.25, -0.2) is 0 Å². The fourth-order valence-corrected chi connectivity index (χ4v) is 3.77. The third-order valence-electron chi connectivity index (χ3n) is 5.56. The van der Waals surface area contributed by atoms with Gasteiger partial charge in [0.2, 0.25) is 0 Å². The number of carbonyl (C=O) groups is 1. The standard InChI is InChI=1S/C22H29N3O/c1-18(21-11-7-4-8-12-21)23-22(26)19(2)25-15-13-24(14-16-25)17-20-9-5-3-6-10-20/h3-12,18-19H,13-17H2,1-2H3,(H,23,26)/p+2/t18-,19+/m0/s1.